The number of hydrogen-bond donors (Lipinski definition) is 0. The number of rotatable bonds is 2. The Morgan fingerprint density at radius 1 is 1.23 bits per heavy atom. The van der Waals surface area contributed by atoms with Crippen molar-refractivity contribution >= 4 is 0 Å². The lowest BCUT2D eigenvalue weighted by atomic mass is 9.52. The van der Waals surface area contributed by atoms with Gasteiger partial charge in [0.1, 0.15) is 0 Å². The predicted octanol–water partition coefficient (Wildman–Crippen LogP) is 3.22. The monoisotopic (exact) mass is 174 g/mol. The minimum absolute atomic E-state index is 0.861. The maximum absolute atomic E-state index is 2.64. The molecule has 5 fully saturated rings. The lowest BCUT2D eigenvalue weighted by molar-refractivity contribution is -0.0446. The number of hydrogen-bond acceptors (Lipinski definition) is 0. The molecule has 0 amide bonds. The zero-order chi connectivity index (χ0) is 8.91. The van der Waals surface area contributed by atoms with E-state index >= 15 is 0 Å². The zero-order valence-electron chi connectivity index (χ0n) is 8.91. The average Bonchev–Trinajstić information content (AvgIpc) is 2.96. The Balaban J connectivity index is 1.75. The van der Waals surface area contributed by atoms with E-state index in [1.807, 2.05) is 0 Å². The first-order chi connectivity index (χ1) is 6.17. The third-order valence-electron chi connectivity index (χ3n) is 8.09. The highest BCUT2D eigenvalue weighted by Gasteiger charge is 3.26. The Bertz CT molecular complexity index is 371. The summed E-state index contributed by atoms with van der Waals surface area (Å²) in [6.45, 7) is 7.53. The summed E-state index contributed by atoms with van der Waals surface area (Å²) >= 11 is 0. The normalized spacial score (nSPS) is 88.4. The van der Waals surface area contributed by atoms with Crippen LogP contribution in [0.25, 0.3) is 0 Å². The standard InChI is InChI=1S/C13H18/c1-4-10-7-13(10)9(10,3)11(5-2)8-6-12(8,11)13/h8H,4-7H2,1-3H3. The van der Waals surface area contributed by atoms with Gasteiger partial charge in [-0.1, -0.05) is 20.8 Å². The van der Waals surface area contributed by atoms with Crippen LogP contribution in [0.5, 0.6) is 0 Å². The minimum atomic E-state index is 0.861. The molecule has 6 unspecified atom stereocenters. The van der Waals surface area contributed by atoms with E-state index in [-0.39, 0.29) is 0 Å². The van der Waals surface area contributed by atoms with Gasteiger partial charge in [-0.25, -0.2) is 0 Å². The maximum atomic E-state index is 2.64. The fourth-order valence-corrected chi connectivity index (χ4v) is 7.91. The Hall–Kier alpha value is 0. The molecule has 0 N–H and O–H groups in total. The van der Waals surface area contributed by atoms with Crippen LogP contribution in [0.1, 0.15) is 46.5 Å². The van der Waals surface area contributed by atoms with Crippen molar-refractivity contribution in [2.24, 2.45) is 33.0 Å². The van der Waals surface area contributed by atoms with Gasteiger partial charge >= 0.3 is 0 Å². The summed E-state index contributed by atoms with van der Waals surface area (Å²) in [5.41, 5.74) is 4.58. The van der Waals surface area contributed by atoms with E-state index < -0.39 is 0 Å². The fourth-order valence-electron chi connectivity index (χ4n) is 7.91. The van der Waals surface area contributed by atoms with Crippen molar-refractivity contribution in [1.82, 2.24) is 0 Å². The number of fused-ring (bicyclic) bond motifs is 3. The summed E-state index contributed by atoms with van der Waals surface area (Å²) in [6.07, 6.45) is 6.25. The topological polar surface area (TPSA) is 0 Å². The highest BCUT2D eigenvalue weighted by molar-refractivity contribution is 5.72. The molecule has 0 nitrogen and oxygen atoms in total. The van der Waals surface area contributed by atoms with Crippen molar-refractivity contribution < 1.29 is 0 Å². The van der Waals surface area contributed by atoms with Crippen LogP contribution in [0.15, 0.2) is 0 Å². The third-order valence-corrected chi connectivity index (χ3v) is 8.09. The molecule has 0 aliphatic heterocycles. The van der Waals surface area contributed by atoms with Crippen LogP contribution in [-0.2, 0) is 0 Å². The predicted molar refractivity (Wildman–Crippen MR) is 51.1 cm³/mol. The van der Waals surface area contributed by atoms with E-state index in [0.717, 1.165) is 27.1 Å². The molecular formula is C13H18. The summed E-state index contributed by atoms with van der Waals surface area (Å²) in [7, 11) is 0. The van der Waals surface area contributed by atoms with E-state index in [0.29, 0.717) is 0 Å². The van der Waals surface area contributed by atoms with Crippen molar-refractivity contribution in [3.63, 3.8) is 0 Å². The quantitative estimate of drug-likeness (QED) is 0.603. The van der Waals surface area contributed by atoms with E-state index in [1.54, 1.807) is 12.8 Å². The van der Waals surface area contributed by atoms with Gasteiger partial charge in [-0.05, 0) is 58.7 Å². The van der Waals surface area contributed by atoms with Crippen molar-refractivity contribution in [3.8, 4) is 0 Å². The molecule has 5 aliphatic rings. The molecule has 0 aromatic heterocycles. The molecule has 6 atom stereocenters. The molecule has 0 radical (unpaired) electrons. The molecule has 0 bridgehead atoms. The Morgan fingerprint density at radius 2 is 2.00 bits per heavy atom. The maximum Gasteiger partial charge on any atom is -0.00995 e. The van der Waals surface area contributed by atoms with E-state index in [2.05, 4.69) is 20.8 Å². The smallest absolute Gasteiger partial charge is 0.00995 e. The van der Waals surface area contributed by atoms with E-state index in [9.17, 15) is 0 Å². The minimum Gasteiger partial charge on any atom is -0.0648 e. The van der Waals surface area contributed by atoms with Gasteiger partial charge in [-0.3, -0.25) is 0 Å². The van der Waals surface area contributed by atoms with Crippen molar-refractivity contribution in [2.45, 2.75) is 46.5 Å². The van der Waals surface area contributed by atoms with Crippen molar-refractivity contribution in [1.29, 1.82) is 0 Å². The SMILES string of the molecule is CCC12CC13C14CC1C4(CC)C23C. The summed E-state index contributed by atoms with van der Waals surface area (Å²) < 4.78 is 0. The summed E-state index contributed by atoms with van der Waals surface area (Å²) in [4.78, 5) is 0. The Labute approximate surface area is 80.1 Å². The second-order valence-electron chi connectivity index (χ2n) is 6.70. The molecular weight excluding hydrogens is 156 g/mol. The largest absolute Gasteiger partial charge is 0.0648 e. The molecule has 5 saturated carbocycles. The van der Waals surface area contributed by atoms with Gasteiger partial charge in [0.15, 0.2) is 0 Å². The van der Waals surface area contributed by atoms with Crippen LogP contribution < -0.4 is 0 Å². The second kappa shape index (κ2) is 1.06. The molecule has 0 saturated heterocycles. The lowest BCUT2D eigenvalue weighted by Crippen LogP contribution is -2.46. The molecule has 0 aromatic carbocycles. The summed E-state index contributed by atoms with van der Waals surface area (Å²) in [5.74, 6) is 1.22. The molecule has 0 heterocycles. The van der Waals surface area contributed by atoms with E-state index in [1.165, 1.54) is 18.8 Å². The molecule has 5 aliphatic carbocycles. The van der Waals surface area contributed by atoms with Gasteiger partial charge in [0.25, 0.3) is 0 Å². The molecule has 5 rings (SSSR count). The first-order valence-corrected chi connectivity index (χ1v) is 6.17. The molecule has 0 heteroatoms. The van der Waals surface area contributed by atoms with Crippen LogP contribution in [0.4, 0.5) is 0 Å². The van der Waals surface area contributed by atoms with Gasteiger partial charge in [0.2, 0.25) is 0 Å². The molecule has 13 heavy (non-hydrogen) atoms. The summed E-state index contributed by atoms with van der Waals surface area (Å²) in [5, 5.41) is 0. The molecule has 2 spiro atoms. The first kappa shape index (κ1) is 6.48. The highest BCUT2D eigenvalue weighted by atomic mass is 15.3. The average molecular weight is 174 g/mol. The van der Waals surface area contributed by atoms with Gasteiger partial charge in [-0.2, -0.15) is 0 Å². The first-order valence-electron chi connectivity index (χ1n) is 6.17. The zero-order valence-corrected chi connectivity index (χ0v) is 8.91. The van der Waals surface area contributed by atoms with Crippen molar-refractivity contribution in [2.75, 3.05) is 0 Å². The van der Waals surface area contributed by atoms with Crippen LogP contribution in [0, 0.1) is 33.0 Å². The lowest BCUT2D eigenvalue weighted by Gasteiger charge is -2.51. The van der Waals surface area contributed by atoms with Gasteiger partial charge in [0.05, 0.1) is 0 Å². The third kappa shape index (κ3) is 0.213. The molecule has 70 valence electrons. The fraction of sp³-hybridized carbons (Fsp3) is 1.00. The summed E-state index contributed by atoms with van der Waals surface area (Å²) in [6, 6.07) is 0. The van der Waals surface area contributed by atoms with Crippen LogP contribution >= 0.6 is 0 Å². The van der Waals surface area contributed by atoms with Crippen LogP contribution in [0.2, 0.25) is 0 Å². The van der Waals surface area contributed by atoms with Gasteiger partial charge in [-0.15, -0.1) is 0 Å². The molecule has 0 aromatic rings. The highest BCUT2D eigenvalue weighted by Crippen LogP contribution is 3.30. The Morgan fingerprint density at radius 3 is 2.46 bits per heavy atom. The van der Waals surface area contributed by atoms with E-state index in [4.69, 9.17) is 0 Å². The second-order valence-corrected chi connectivity index (χ2v) is 6.70. The Kier molecular flexibility index (Phi) is 0.528. The van der Waals surface area contributed by atoms with Gasteiger partial charge in [0, 0.05) is 0 Å². The van der Waals surface area contributed by atoms with Crippen LogP contribution in [0.3, 0.4) is 0 Å². The van der Waals surface area contributed by atoms with Crippen molar-refractivity contribution in [3.05, 3.63) is 0 Å². The van der Waals surface area contributed by atoms with Crippen LogP contribution in [-0.4, -0.2) is 0 Å². The van der Waals surface area contributed by atoms with Gasteiger partial charge < -0.3 is 0 Å².